The number of rotatable bonds is 7. The van der Waals surface area contributed by atoms with Crippen LogP contribution < -0.4 is 10.2 Å². The molecular formula is C17H20N2O6S. The molecule has 0 aliphatic carbocycles. The number of hydrogen-bond donors (Lipinski definition) is 3. The van der Waals surface area contributed by atoms with Gasteiger partial charge in [-0.15, -0.1) is 0 Å². The molecule has 0 saturated carbocycles. The predicted octanol–water partition coefficient (Wildman–Crippen LogP) is 1.26. The first-order valence-corrected chi connectivity index (χ1v) is 9.13. The Morgan fingerprint density at radius 3 is 2.58 bits per heavy atom. The van der Waals surface area contributed by atoms with Crippen molar-refractivity contribution < 1.29 is 28.3 Å². The maximum absolute atomic E-state index is 12.6. The number of nitrogens with one attached hydrogen (secondary N) is 1. The number of aliphatic hydroxyl groups is 1. The summed E-state index contributed by atoms with van der Waals surface area (Å²) >= 11 is 0. The van der Waals surface area contributed by atoms with E-state index in [9.17, 15) is 18.4 Å². The molecule has 140 valence electrons. The number of hydrogen-bond acceptors (Lipinski definition) is 6. The molecule has 0 aliphatic rings. The van der Waals surface area contributed by atoms with Gasteiger partial charge in [-0.05, 0) is 49.2 Å². The van der Waals surface area contributed by atoms with E-state index < -0.39 is 15.9 Å². The third-order valence-electron chi connectivity index (χ3n) is 3.63. The van der Waals surface area contributed by atoms with Crippen molar-refractivity contribution in [2.24, 2.45) is 0 Å². The normalized spacial score (nSPS) is 11.4. The molecule has 0 unspecified atom stereocenters. The second kappa shape index (κ2) is 8.28. The molecule has 2 aromatic carbocycles. The highest BCUT2D eigenvalue weighted by molar-refractivity contribution is 7.89. The minimum Gasteiger partial charge on any atom is -0.497 e. The van der Waals surface area contributed by atoms with Crippen molar-refractivity contribution in [3.63, 3.8) is 0 Å². The Bertz CT molecular complexity index is 898. The highest BCUT2D eigenvalue weighted by Crippen LogP contribution is 2.24. The number of hydrazine groups is 1. The van der Waals surface area contributed by atoms with Crippen LogP contribution in [0.1, 0.15) is 21.5 Å². The number of amides is 1. The molecule has 3 N–H and O–H groups in total. The summed E-state index contributed by atoms with van der Waals surface area (Å²) in [5.41, 5.74) is 3.18. The van der Waals surface area contributed by atoms with Crippen LogP contribution in [0.25, 0.3) is 0 Å². The summed E-state index contributed by atoms with van der Waals surface area (Å²) in [4.78, 5) is 11.9. The van der Waals surface area contributed by atoms with Gasteiger partial charge in [0, 0.05) is 16.7 Å². The van der Waals surface area contributed by atoms with Gasteiger partial charge in [0.2, 0.25) is 0 Å². The van der Waals surface area contributed by atoms with Crippen LogP contribution >= 0.6 is 0 Å². The van der Waals surface area contributed by atoms with Crippen LogP contribution in [0.3, 0.4) is 0 Å². The lowest BCUT2D eigenvalue weighted by molar-refractivity contribution is -0.0364. The number of methoxy groups -OCH3 is 1. The molecule has 0 atom stereocenters. The number of benzene rings is 2. The average molecular weight is 380 g/mol. The van der Waals surface area contributed by atoms with Gasteiger partial charge in [-0.25, -0.2) is 13.8 Å². The molecule has 0 spiro atoms. The van der Waals surface area contributed by atoms with E-state index in [-0.39, 0.29) is 33.6 Å². The van der Waals surface area contributed by atoms with Crippen LogP contribution in [0.2, 0.25) is 0 Å². The lowest BCUT2D eigenvalue weighted by atomic mass is 10.1. The molecule has 9 heteroatoms. The van der Waals surface area contributed by atoms with Gasteiger partial charge in [-0.3, -0.25) is 10.0 Å². The van der Waals surface area contributed by atoms with Gasteiger partial charge in [-0.2, -0.15) is 0 Å². The van der Waals surface area contributed by atoms with Crippen LogP contribution in [0.15, 0.2) is 47.4 Å². The second-order valence-corrected chi connectivity index (χ2v) is 7.24. The Labute approximate surface area is 151 Å². The van der Waals surface area contributed by atoms with E-state index in [1.165, 1.54) is 31.4 Å². The summed E-state index contributed by atoms with van der Waals surface area (Å²) in [5, 5.41) is 19.1. The number of aryl methyl sites for hydroxylation is 1. The van der Waals surface area contributed by atoms with Gasteiger partial charge in [0.15, 0.2) is 0 Å². The Morgan fingerprint density at radius 1 is 1.23 bits per heavy atom. The smallest absolute Gasteiger partial charge is 0.283 e. The van der Waals surface area contributed by atoms with Gasteiger partial charge < -0.3 is 9.84 Å². The summed E-state index contributed by atoms with van der Waals surface area (Å²) in [5.74, 6) is -0.377. The van der Waals surface area contributed by atoms with E-state index in [1.807, 2.05) is 5.43 Å². The number of aliphatic hydroxyl groups excluding tert-OH is 1. The van der Waals surface area contributed by atoms with Crippen molar-refractivity contribution in [1.29, 1.82) is 0 Å². The topological polar surface area (TPSA) is 116 Å². The van der Waals surface area contributed by atoms with Crippen molar-refractivity contribution >= 4 is 15.9 Å². The molecule has 0 aromatic heterocycles. The van der Waals surface area contributed by atoms with Gasteiger partial charge in [0.25, 0.3) is 15.9 Å². The first-order chi connectivity index (χ1) is 12.3. The SMILES string of the molecule is COc1ccc(S(=O)(=O)N(O)NC(=O)c2cccc(C)c2)c(CCO)c1. The van der Waals surface area contributed by atoms with Crippen molar-refractivity contribution in [2.45, 2.75) is 18.2 Å². The maximum atomic E-state index is 12.6. The zero-order valence-corrected chi connectivity index (χ0v) is 15.2. The minimum absolute atomic E-state index is 0.0332. The number of carbonyl (C=O) groups excluding carboxylic acids is 1. The molecule has 0 fully saturated rings. The van der Waals surface area contributed by atoms with Crippen LogP contribution in [0.4, 0.5) is 0 Å². The molecule has 26 heavy (non-hydrogen) atoms. The fourth-order valence-electron chi connectivity index (χ4n) is 2.34. The van der Waals surface area contributed by atoms with Crippen molar-refractivity contribution in [3.8, 4) is 5.75 Å². The van der Waals surface area contributed by atoms with E-state index in [0.717, 1.165) is 5.56 Å². The number of ether oxygens (including phenoxy) is 1. The predicted molar refractivity (Wildman–Crippen MR) is 93.2 cm³/mol. The monoisotopic (exact) mass is 380 g/mol. The lowest BCUT2D eigenvalue weighted by Crippen LogP contribution is -2.44. The third kappa shape index (κ3) is 4.38. The lowest BCUT2D eigenvalue weighted by Gasteiger charge is -2.18. The highest BCUT2D eigenvalue weighted by Gasteiger charge is 2.28. The molecule has 0 heterocycles. The van der Waals surface area contributed by atoms with Crippen LogP contribution in [-0.4, -0.2) is 42.9 Å². The van der Waals surface area contributed by atoms with E-state index in [2.05, 4.69) is 0 Å². The van der Waals surface area contributed by atoms with Crippen LogP contribution in [0, 0.1) is 6.92 Å². The quantitative estimate of drug-likeness (QED) is 0.623. The second-order valence-electron chi connectivity index (χ2n) is 5.51. The fourth-order valence-corrected chi connectivity index (χ4v) is 3.46. The third-order valence-corrected chi connectivity index (χ3v) is 5.13. The zero-order valence-electron chi connectivity index (χ0n) is 14.3. The van der Waals surface area contributed by atoms with E-state index >= 15 is 0 Å². The van der Waals surface area contributed by atoms with Crippen LogP contribution in [-0.2, 0) is 16.4 Å². The Kier molecular flexibility index (Phi) is 6.32. The van der Waals surface area contributed by atoms with Gasteiger partial charge >= 0.3 is 0 Å². The molecule has 0 aliphatic heterocycles. The molecule has 2 rings (SSSR count). The summed E-state index contributed by atoms with van der Waals surface area (Å²) in [6.45, 7) is 1.49. The Hall–Kier alpha value is -2.46. The van der Waals surface area contributed by atoms with E-state index in [0.29, 0.717) is 5.75 Å². The molecule has 0 saturated heterocycles. The fraction of sp³-hybridized carbons (Fsp3) is 0.235. The number of carbonyl (C=O) groups is 1. The largest absolute Gasteiger partial charge is 0.497 e. The van der Waals surface area contributed by atoms with E-state index in [1.54, 1.807) is 25.1 Å². The summed E-state index contributed by atoms with van der Waals surface area (Å²) in [6, 6.07) is 10.6. The molecule has 1 amide bonds. The molecule has 8 nitrogen and oxygen atoms in total. The average Bonchev–Trinajstić information content (AvgIpc) is 2.61. The van der Waals surface area contributed by atoms with Crippen LogP contribution in [0.5, 0.6) is 5.75 Å². The number of nitrogens with zero attached hydrogens (tertiary/aromatic N) is 1. The Morgan fingerprint density at radius 2 is 1.96 bits per heavy atom. The van der Waals surface area contributed by atoms with Gasteiger partial charge in [-0.1, -0.05) is 17.7 Å². The van der Waals surface area contributed by atoms with Gasteiger partial charge in [0.1, 0.15) is 5.75 Å². The first-order valence-electron chi connectivity index (χ1n) is 7.69. The molecule has 2 aromatic rings. The first kappa shape index (κ1) is 19.9. The summed E-state index contributed by atoms with van der Waals surface area (Å²) in [7, 11) is -3.02. The summed E-state index contributed by atoms with van der Waals surface area (Å²) in [6.07, 6.45) is 0.0332. The molecule has 0 radical (unpaired) electrons. The Balaban J connectivity index is 2.30. The van der Waals surface area contributed by atoms with Crippen molar-refractivity contribution in [1.82, 2.24) is 10.0 Å². The number of sulfonamides is 1. The van der Waals surface area contributed by atoms with Crippen molar-refractivity contribution in [3.05, 3.63) is 59.2 Å². The highest BCUT2D eigenvalue weighted by atomic mass is 32.2. The summed E-state index contributed by atoms with van der Waals surface area (Å²) < 4.78 is 30.0. The molecular weight excluding hydrogens is 360 g/mol. The standard InChI is InChI=1S/C17H20N2O6S/c1-12-4-3-5-14(10-12)17(21)18-19(22)26(23,24)16-7-6-15(25-2)11-13(16)8-9-20/h3-7,10-11,20,22H,8-9H2,1-2H3,(H,18,21). The maximum Gasteiger partial charge on any atom is 0.283 e. The van der Waals surface area contributed by atoms with Crippen molar-refractivity contribution in [2.75, 3.05) is 13.7 Å². The molecule has 0 bridgehead atoms. The zero-order chi connectivity index (χ0) is 19.3. The van der Waals surface area contributed by atoms with Gasteiger partial charge in [0.05, 0.1) is 12.0 Å². The van der Waals surface area contributed by atoms with E-state index in [4.69, 9.17) is 9.84 Å². The minimum atomic E-state index is -4.44.